The van der Waals surface area contributed by atoms with Gasteiger partial charge in [-0.15, -0.1) is 10.2 Å². The fourth-order valence-corrected chi connectivity index (χ4v) is 3.34. The molecule has 154 valence electrons. The molecule has 1 aliphatic heterocycles. The highest BCUT2D eigenvalue weighted by Crippen LogP contribution is 2.34. The van der Waals surface area contributed by atoms with Crippen molar-refractivity contribution in [3.05, 3.63) is 88.4 Å². The highest BCUT2D eigenvalue weighted by molar-refractivity contribution is 5.83. The van der Waals surface area contributed by atoms with Crippen LogP contribution in [-0.2, 0) is 12.7 Å². The van der Waals surface area contributed by atoms with Crippen molar-refractivity contribution in [2.45, 2.75) is 12.7 Å². The predicted octanol–water partition coefficient (Wildman–Crippen LogP) is 5.11. The quantitative estimate of drug-likeness (QED) is 0.584. The lowest BCUT2D eigenvalue weighted by Crippen LogP contribution is -2.13. The fraction of sp³-hybridized carbons (Fsp3) is 0.143. The number of rotatable bonds is 2. The summed E-state index contributed by atoms with van der Waals surface area (Å²) in [6, 6.07) is 7.73. The topological polar surface area (TPSA) is 37.8 Å². The Morgan fingerprint density at radius 3 is 2.17 bits per heavy atom. The van der Waals surface area contributed by atoms with Crippen molar-refractivity contribution >= 4 is 5.57 Å². The van der Waals surface area contributed by atoms with Crippen LogP contribution in [0.5, 0.6) is 0 Å². The van der Waals surface area contributed by atoms with Gasteiger partial charge in [0.05, 0.1) is 5.69 Å². The summed E-state index contributed by atoms with van der Waals surface area (Å²) < 4.78 is 80.7. The maximum absolute atomic E-state index is 15.3. The molecule has 2 aromatic carbocycles. The van der Waals surface area contributed by atoms with Crippen molar-refractivity contribution < 1.29 is 26.3 Å². The van der Waals surface area contributed by atoms with Gasteiger partial charge >= 0.3 is 6.18 Å². The zero-order valence-electron chi connectivity index (χ0n) is 15.2. The Bertz CT molecular complexity index is 1120. The van der Waals surface area contributed by atoms with Crippen molar-refractivity contribution in [3.63, 3.8) is 0 Å². The third-order valence-corrected chi connectivity index (χ3v) is 4.69. The van der Waals surface area contributed by atoms with Crippen LogP contribution in [0.3, 0.4) is 0 Å². The first kappa shape index (κ1) is 20.1. The van der Waals surface area contributed by atoms with E-state index in [4.69, 9.17) is 0 Å². The maximum Gasteiger partial charge on any atom is 0.435 e. The molecule has 0 atom stereocenters. The molecule has 0 saturated carbocycles. The molecular weight excluding hydrogens is 408 g/mol. The Morgan fingerprint density at radius 2 is 1.53 bits per heavy atom. The first-order valence-electron chi connectivity index (χ1n) is 8.84. The van der Waals surface area contributed by atoms with Gasteiger partial charge in [-0.25, -0.2) is 13.2 Å². The second-order valence-corrected chi connectivity index (χ2v) is 6.66. The number of nitrogens with one attached hydrogen (secondary N) is 1. The number of aromatic nitrogens is 2. The molecule has 0 fully saturated rings. The monoisotopic (exact) mass is 421 g/mol. The van der Waals surface area contributed by atoms with Crippen LogP contribution in [0.15, 0.2) is 48.5 Å². The Labute approximate surface area is 167 Å². The molecular formula is C21H13F6N3. The van der Waals surface area contributed by atoms with Gasteiger partial charge in [0.1, 0.15) is 17.5 Å². The first-order chi connectivity index (χ1) is 14.2. The molecule has 0 radical (unpaired) electrons. The van der Waals surface area contributed by atoms with Gasteiger partial charge in [0, 0.05) is 30.3 Å². The SMILES string of the molecule is Fc1cc(F)cc(C2=CCNCc3c2ccc(-c2ccc(C(F)(F)F)nn2)c3F)c1. The molecule has 0 spiro atoms. The highest BCUT2D eigenvalue weighted by atomic mass is 19.4. The minimum atomic E-state index is -4.65. The van der Waals surface area contributed by atoms with Gasteiger partial charge in [0.2, 0.25) is 0 Å². The first-order valence-corrected chi connectivity index (χ1v) is 8.84. The van der Waals surface area contributed by atoms with Crippen LogP contribution in [-0.4, -0.2) is 16.7 Å². The molecule has 2 heterocycles. The maximum atomic E-state index is 15.3. The largest absolute Gasteiger partial charge is 0.435 e. The third-order valence-electron chi connectivity index (χ3n) is 4.69. The zero-order chi connectivity index (χ0) is 21.5. The molecule has 1 aliphatic rings. The van der Waals surface area contributed by atoms with E-state index in [-0.39, 0.29) is 28.9 Å². The van der Waals surface area contributed by atoms with Crippen LogP contribution in [0.2, 0.25) is 0 Å². The minimum Gasteiger partial charge on any atom is -0.309 e. The molecule has 0 unspecified atom stereocenters. The molecule has 9 heteroatoms. The van der Waals surface area contributed by atoms with E-state index >= 15 is 4.39 Å². The number of halogens is 6. The average molecular weight is 421 g/mol. The minimum absolute atomic E-state index is 0.0246. The van der Waals surface area contributed by atoms with E-state index in [2.05, 4.69) is 15.5 Å². The van der Waals surface area contributed by atoms with E-state index in [1.165, 1.54) is 6.07 Å². The van der Waals surface area contributed by atoms with Crippen LogP contribution in [0.25, 0.3) is 16.8 Å². The second-order valence-electron chi connectivity index (χ2n) is 6.66. The van der Waals surface area contributed by atoms with E-state index in [0.717, 1.165) is 30.3 Å². The molecule has 3 aromatic rings. The number of fused-ring (bicyclic) bond motifs is 1. The Balaban J connectivity index is 1.80. The van der Waals surface area contributed by atoms with Crippen LogP contribution in [0.1, 0.15) is 22.4 Å². The lowest BCUT2D eigenvalue weighted by Gasteiger charge is -2.15. The van der Waals surface area contributed by atoms with Gasteiger partial charge in [-0.05, 0) is 47.0 Å². The Hall–Kier alpha value is -3.20. The summed E-state index contributed by atoms with van der Waals surface area (Å²) >= 11 is 0. The summed E-state index contributed by atoms with van der Waals surface area (Å²) in [6.45, 7) is 0.442. The normalized spacial score (nSPS) is 14.1. The summed E-state index contributed by atoms with van der Waals surface area (Å²) in [6.07, 6.45) is -2.96. The predicted molar refractivity (Wildman–Crippen MR) is 97.6 cm³/mol. The number of alkyl halides is 3. The van der Waals surface area contributed by atoms with E-state index in [1.54, 1.807) is 12.1 Å². The molecule has 1 aromatic heterocycles. The molecule has 0 bridgehead atoms. The fourth-order valence-electron chi connectivity index (χ4n) is 3.34. The van der Waals surface area contributed by atoms with Gasteiger partial charge in [0.15, 0.2) is 5.69 Å². The number of nitrogens with zero attached hydrogens (tertiary/aromatic N) is 2. The molecule has 1 N–H and O–H groups in total. The van der Waals surface area contributed by atoms with E-state index in [1.807, 2.05) is 0 Å². The van der Waals surface area contributed by atoms with Gasteiger partial charge in [-0.1, -0.05) is 12.1 Å². The van der Waals surface area contributed by atoms with Crippen molar-refractivity contribution in [1.82, 2.24) is 15.5 Å². The lowest BCUT2D eigenvalue weighted by molar-refractivity contribution is -0.141. The Morgan fingerprint density at radius 1 is 0.833 bits per heavy atom. The van der Waals surface area contributed by atoms with Crippen LogP contribution in [0.4, 0.5) is 26.3 Å². The van der Waals surface area contributed by atoms with Crippen LogP contribution >= 0.6 is 0 Å². The lowest BCUT2D eigenvalue weighted by atomic mass is 9.91. The standard InChI is InChI=1S/C21H13F6N3/c22-12-7-11(8-13(23)9-12)14-5-6-28-10-17-15(14)1-2-16(20(17)24)18-3-4-19(30-29-18)21(25,26)27/h1-5,7-9,28H,6,10H2. The number of hydrogen-bond acceptors (Lipinski definition) is 3. The van der Waals surface area contributed by atoms with Gasteiger partial charge in [-0.3, -0.25) is 0 Å². The van der Waals surface area contributed by atoms with Gasteiger partial charge < -0.3 is 5.32 Å². The molecule has 3 nitrogen and oxygen atoms in total. The van der Waals surface area contributed by atoms with E-state index in [0.29, 0.717) is 17.7 Å². The molecule has 0 saturated heterocycles. The average Bonchev–Trinajstić information content (AvgIpc) is 2.90. The van der Waals surface area contributed by atoms with Crippen molar-refractivity contribution in [3.8, 4) is 11.3 Å². The molecule has 0 aliphatic carbocycles. The van der Waals surface area contributed by atoms with Crippen molar-refractivity contribution in [2.75, 3.05) is 6.54 Å². The molecule has 4 rings (SSSR count). The number of benzene rings is 2. The summed E-state index contributed by atoms with van der Waals surface area (Å²) in [5.74, 6) is -2.22. The molecule has 30 heavy (non-hydrogen) atoms. The summed E-state index contributed by atoms with van der Waals surface area (Å²) in [7, 11) is 0. The zero-order valence-corrected chi connectivity index (χ0v) is 15.2. The van der Waals surface area contributed by atoms with E-state index < -0.39 is 29.3 Å². The van der Waals surface area contributed by atoms with Gasteiger partial charge in [0.25, 0.3) is 0 Å². The van der Waals surface area contributed by atoms with Gasteiger partial charge in [-0.2, -0.15) is 13.2 Å². The van der Waals surface area contributed by atoms with Crippen molar-refractivity contribution in [2.24, 2.45) is 0 Å². The summed E-state index contributed by atoms with van der Waals surface area (Å²) in [4.78, 5) is 0. The van der Waals surface area contributed by atoms with Crippen molar-refractivity contribution in [1.29, 1.82) is 0 Å². The highest BCUT2D eigenvalue weighted by Gasteiger charge is 2.33. The summed E-state index contributed by atoms with van der Waals surface area (Å²) in [5, 5.41) is 9.62. The van der Waals surface area contributed by atoms with Crippen LogP contribution in [0, 0.1) is 17.5 Å². The third kappa shape index (κ3) is 3.80. The van der Waals surface area contributed by atoms with E-state index in [9.17, 15) is 22.0 Å². The second kappa shape index (κ2) is 7.56. The molecule has 0 amide bonds. The summed E-state index contributed by atoms with van der Waals surface area (Å²) in [5.41, 5.74) is 0.0600. The smallest absolute Gasteiger partial charge is 0.309 e. The van der Waals surface area contributed by atoms with Crippen LogP contribution < -0.4 is 5.32 Å². The number of hydrogen-bond donors (Lipinski definition) is 1. The Kier molecular flexibility index (Phi) is 5.07.